The summed E-state index contributed by atoms with van der Waals surface area (Å²) in [6.45, 7) is 0. The van der Waals surface area contributed by atoms with Crippen LogP contribution in [0.5, 0.6) is 0 Å². The summed E-state index contributed by atoms with van der Waals surface area (Å²) in [6, 6.07) is 20.4. The first kappa shape index (κ1) is 12.9. The van der Waals surface area contributed by atoms with Gasteiger partial charge in [0, 0.05) is 17.2 Å². The van der Waals surface area contributed by atoms with E-state index in [0.717, 1.165) is 11.1 Å². The first-order valence-corrected chi connectivity index (χ1v) is 6.38. The van der Waals surface area contributed by atoms with Crippen LogP contribution in [-0.2, 0) is 0 Å². The molecular formula is C16H11N3O2. The van der Waals surface area contributed by atoms with Crippen LogP contribution in [0.3, 0.4) is 0 Å². The second-order valence-electron chi connectivity index (χ2n) is 4.43. The molecule has 0 spiro atoms. The van der Waals surface area contributed by atoms with E-state index in [2.05, 4.69) is 9.97 Å². The van der Waals surface area contributed by atoms with E-state index in [1.54, 1.807) is 6.07 Å². The molecule has 0 aliphatic carbocycles. The Morgan fingerprint density at radius 1 is 0.762 bits per heavy atom. The molecule has 3 rings (SSSR count). The van der Waals surface area contributed by atoms with Crippen LogP contribution in [0.4, 0.5) is 5.95 Å². The molecule has 1 heterocycles. The average Bonchev–Trinajstić information content (AvgIpc) is 2.56. The largest absolute Gasteiger partial charge is 0.469 e. The maximum atomic E-state index is 11.0. The van der Waals surface area contributed by atoms with Gasteiger partial charge in [0.15, 0.2) is 11.4 Å². The van der Waals surface area contributed by atoms with Gasteiger partial charge in [-0.05, 0) is 4.92 Å². The first-order chi connectivity index (χ1) is 10.2. The highest BCUT2D eigenvalue weighted by molar-refractivity contribution is 5.68. The van der Waals surface area contributed by atoms with Crippen molar-refractivity contribution in [2.75, 3.05) is 0 Å². The smallest absolute Gasteiger partial charge is 0.390 e. The summed E-state index contributed by atoms with van der Waals surface area (Å²) in [5.74, 6) is -0.393. The van der Waals surface area contributed by atoms with Crippen molar-refractivity contribution in [3.8, 4) is 22.5 Å². The van der Waals surface area contributed by atoms with Crippen LogP contribution in [0, 0.1) is 10.1 Å². The van der Waals surface area contributed by atoms with E-state index in [1.807, 2.05) is 60.7 Å². The molecule has 102 valence electrons. The third-order valence-corrected chi connectivity index (χ3v) is 3.02. The van der Waals surface area contributed by atoms with Crippen molar-refractivity contribution in [3.63, 3.8) is 0 Å². The van der Waals surface area contributed by atoms with E-state index in [9.17, 15) is 10.1 Å². The molecule has 0 saturated carbocycles. The molecule has 5 heteroatoms. The van der Waals surface area contributed by atoms with Crippen LogP contribution in [0.25, 0.3) is 22.5 Å². The zero-order valence-corrected chi connectivity index (χ0v) is 11.0. The van der Waals surface area contributed by atoms with Crippen LogP contribution < -0.4 is 0 Å². The molecule has 0 saturated heterocycles. The Morgan fingerprint density at radius 2 is 1.19 bits per heavy atom. The lowest BCUT2D eigenvalue weighted by molar-refractivity contribution is -0.394. The fourth-order valence-electron chi connectivity index (χ4n) is 2.03. The monoisotopic (exact) mass is 277 g/mol. The van der Waals surface area contributed by atoms with Crippen molar-refractivity contribution in [1.82, 2.24) is 9.97 Å². The van der Waals surface area contributed by atoms with E-state index in [4.69, 9.17) is 0 Å². The summed E-state index contributed by atoms with van der Waals surface area (Å²) in [6.07, 6.45) is 0. The van der Waals surface area contributed by atoms with Gasteiger partial charge in [-0.15, -0.1) is 0 Å². The van der Waals surface area contributed by atoms with E-state index < -0.39 is 10.9 Å². The molecule has 0 fully saturated rings. The molecular weight excluding hydrogens is 266 g/mol. The molecule has 0 aliphatic rings. The quantitative estimate of drug-likeness (QED) is 0.540. The zero-order chi connectivity index (χ0) is 14.7. The summed E-state index contributed by atoms with van der Waals surface area (Å²) in [4.78, 5) is 18.5. The lowest BCUT2D eigenvalue weighted by atomic mass is 10.1. The Morgan fingerprint density at radius 3 is 1.57 bits per heavy atom. The predicted molar refractivity (Wildman–Crippen MR) is 79.6 cm³/mol. The second-order valence-corrected chi connectivity index (χ2v) is 4.43. The van der Waals surface area contributed by atoms with Gasteiger partial charge in [0.25, 0.3) is 0 Å². The number of rotatable bonds is 3. The Hall–Kier alpha value is -3.08. The van der Waals surface area contributed by atoms with Gasteiger partial charge in [0.1, 0.15) is 0 Å². The Bertz CT molecular complexity index is 716. The van der Waals surface area contributed by atoms with E-state index >= 15 is 0 Å². The minimum Gasteiger partial charge on any atom is -0.390 e. The molecule has 5 nitrogen and oxygen atoms in total. The van der Waals surface area contributed by atoms with Crippen molar-refractivity contribution in [3.05, 3.63) is 76.8 Å². The number of hydrogen-bond acceptors (Lipinski definition) is 4. The average molecular weight is 277 g/mol. The van der Waals surface area contributed by atoms with Crippen LogP contribution in [0.1, 0.15) is 0 Å². The van der Waals surface area contributed by atoms with Crippen molar-refractivity contribution in [2.45, 2.75) is 0 Å². The van der Waals surface area contributed by atoms with Crippen molar-refractivity contribution < 1.29 is 4.92 Å². The maximum Gasteiger partial charge on any atom is 0.469 e. The zero-order valence-electron chi connectivity index (χ0n) is 11.0. The summed E-state index contributed by atoms with van der Waals surface area (Å²) >= 11 is 0. The number of hydrogen-bond donors (Lipinski definition) is 0. The minimum atomic E-state index is -0.571. The highest BCUT2D eigenvalue weighted by Crippen LogP contribution is 2.25. The predicted octanol–water partition coefficient (Wildman–Crippen LogP) is 3.72. The van der Waals surface area contributed by atoms with Gasteiger partial charge in [-0.2, -0.15) is 0 Å². The van der Waals surface area contributed by atoms with Gasteiger partial charge in [-0.25, -0.2) is 0 Å². The normalized spacial score (nSPS) is 10.3. The number of aromatic nitrogens is 2. The van der Waals surface area contributed by atoms with Crippen molar-refractivity contribution in [1.29, 1.82) is 0 Å². The summed E-state index contributed by atoms with van der Waals surface area (Å²) in [5.41, 5.74) is 2.72. The van der Waals surface area contributed by atoms with E-state index in [0.29, 0.717) is 11.4 Å². The van der Waals surface area contributed by atoms with Crippen LogP contribution in [0.2, 0.25) is 0 Å². The van der Waals surface area contributed by atoms with Gasteiger partial charge in [0.2, 0.25) is 0 Å². The fourth-order valence-corrected chi connectivity index (χ4v) is 2.03. The molecule has 0 radical (unpaired) electrons. The van der Waals surface area contributed by atoms with Gasteiger partial charge in [0.05, 0.1) is 0 Å². The number of benzene rings is 2. The first-order valence-electron chi connectivity index (χ1n) is 6.38. The standard InChI is InChI=1S/C16H11N3O2/c20-19(21)16-17-14(12-7-3-1-4-8-12)11-15(18-16)13-9-5-2-6-10-13/h1-11H. The molecule has 0 N–H and O–H groups in total. The molecule has 21 heavy (non-hydrogen) atoms. The van der Waals surface area contributed by atoms with Crippen molar-refractivity contribution >= 4 is 5.95 Å². The summed E-state index contributed by atoms with van der Waals surface area (Å²) in [5, 5.41) is 11.0. The molecule has 2 aromatic carbocycles. The highest BCUT2D eigenvalue weighted by Gasteiger charge is 2.17. The number of nitrogens with zero attached hydrogens (tertiary/aromatic N) is 3. The highest BCUT2D eigenvalue weighted by atomic mass is 16.6. The SMILES string of the molecule is O=[N+]([O-])c1nc(-c2ccccc2)cc(-c2ccccc2)n1. The molecule has 0 atom stereocenters. The summed E-state index contributed by atoms with van der Waals surface area (Å²) in [7, 11) is 0. The Kier molecular flexibility index (Phi) is 3.39. The van der Waals surface area contributed by atoms with E-state index in [-0.39, 0.29) is 0 Å². The van der Waals surface area contributed by atoms with Crippen molar-refractivity contribution in [2.24, 2.45) is 0 Å². The minimum absolute atomic E-state index is 0.393. The van der Waals surface area contributed by atoms with E-state index in [1.165, 1.54) is 0 Å². The van der Waals surface area contributed by atoms with Gasteiger partial charge < -0.3 is 10.1 Å². The Balaban J connectivity index is 2.18. The molecule has 0 unspecified atom stereocenters. The molecule has 3 aromatic rings. The number of nitro groups is 1. The third kappa shape index (κ3) is 2.76. The lowest BCUT2D eigenvalue weighted by Crippen LogP contribution is -1.99. The molecule has 0 amide bonds. The third-order valence-electron chi connectivity index (χ3n) is 3.02. The van der Waals surface area contributed by atoms with Crippen LogP contribution >= 0.6 is 0 Å². The van der Waals surface area contributed by atoms with Gasteiger partial charge in [-0.1, -0.05) is 70.6 Å². The second kappa shape index (κ2) is 5.50. The molecule has 0 bridgehead atoms. The topological polar surface area (TPSA) is 68.9 Å². The molecule has 0 aliphatic heterocycles. The fraction of sp³-hybridized carbons (Fsp3) is 0. The van der Waals surface area contributed by atoms with Crippen LogP contribution in [-0.4, -0.2) is 14.9 Å². The van der Waals surface area contributed by atoms with Gasteiger partial charge >= 0.3 is 5.95 Å². The lowest BCUT2D eigenvalue weighted by Gasteiger charge is -2.02. The Labute approximate surface area is 121 Å². The maximum absolute atomic E-state index is 11.0. The molecule has 1 aromatic heterocycles. The van der Waals surface area contributed by atoms with Crippen LogP contribution in [0.15, 0.2) is 66.7 Å². The van der Waals surface area contributed by atoms with Gasteiger partial charge in [-0.3, -0.25) is 0 Å². The summed E-state index contributed by atoms with van der Waals surface area (Å²) < 4.78 is 0.